The van der Waals surface area contributed by atoms with Gasteiger partial charge in [-0.05, 0) is 43.5 Å². The Morgan fingerprint density at radius 1 is 1.40 bits per heavy atom. The molecule has 25 heavy (non-hydrogen) atoms. The average molecular weight is 357 g/mol. The molecule has 2 N–H and O–H groups in total. The van der Waals surface area contributed by atoms with Gasteiger partial charge in [0.25, 0.3) is 0 Å². The lowest BCUT2D eigenvalue weighted by Crippen LogP contribution is -2.17. The van der Waals surface area contributed by atoms with Crippen LogP contribution in [-0.2, 0) is 11.8 Å². The third kappa shape index (κ3) is 3.28. The number of H-pyrrole nitrogens is 1. The highest BCUT2D eigenvalue weighted by molar-refractivity contribution is 7.71. The molecule has 6 nitrogen and oxygen atoms in total. The van der Waals surface area contributed by atoms with Gasteiger partial charge < -0.3 is 9.88 Å². The van der Waals surface area contributed by atoms with Crippen molar-refractivity contribution in [3.63, 3.8) is 0 Å². The predicted molar refractivity (Wildman–Crippen MR) is 100 cm³/mol. The monoisotopic (exact) mass is 357 g/mol. The fourth-order valence-electron chi connectivity index (χ4n) is 3.30. The van der Waals surface area contributed by atoms with Crippen molar-refractivity contribution in [2.75, 3.05) is 5.32 Å². The van der Waals surface area contributed by atoms with E-state index in [2.05, 4.69) is 54.3 Å². The molecule has 1 fully saturated rings. The number of rotatable bonds is 4. The second-order valence-electron chi connectivity index (χ2n) is 7.43. The zero-order valence-corrected chi connectivity index (χ0v) is 15.9. The number of aromatic amines is 1. The van der Waals surface area contributed by atoms with E-state index in [0.717, 1.165) is 5.56 Å². The molecule has 7 heteroatoms. The van der Waals surface area contributed by atoms with Crippen LogP contribution in [-0.4, -0.2) is 25.7 Å². The van der Waals surface area contributed by atoms with Gasteiger partial charge in [-0.25, -0.2) is 0 Å². The van der Waals surface area contributed by atoms with Gasteiger partial charge in [-0.2, -0.15) is 5.10 Å². The summed E-state index contributed by atoms with van der Waals surface area (Å²) < 4.78 is 2.31. The molecule has 0 saturated heterocycles. The number of carbonyl (C=O) groups is 1. The maximum Gasteiger partial charge on any atom is 0.228 e. The maximum absolute atomic E-state index is 12.7. The first kappa shape index (κ1) is 17.5. The molecular formula is C18H23N5OS. The van der Waals surface area contributed by atoms with Crippen LogP contribution in [0, 0.1) is 22.0 Å². The quantitative estimate of drug-likeness (QED) is 0.646. The average Bonchev–Trinajstić information content (AvgIpc) is 2.88. The van der Waals surface area contributed by atoms with Crippen molar-refractivity contribution in [2.24, 2.45) is 24.3 Å². The largest absolute Gasteiger partial charge is 0.324 e. The van der Waals surface area contributed by atoms with Crippen LogP contribution in [0.5, 0.6) is 0 Å². The van der Waals surface area contributed by atoms with Gasteiger partial charge >= 0.3 is 0 Å². The van der Waals surface area contributed by atoms with Gasteiger partial charge in [0.1, 0.15) is 0 Å². The molecular weight excluding hydrogens is 334 g/mol. The SMILES string of the molecule is CC(C)=C[C@H]1[C@@H](C(=O)Nc2cncc(-c3n[nH]c(=S)n3C)c2)C1(C)C. The van der Waals surface area contributed by atoms with Crippen molar-refractivity contribution < 1.29 is 4.79 Å². The molecule has 3 rings (SSSR count). The molecule has 0 unspecified atom stereocenters. The van der Waals surface area contributed by atoms with Gasteiger partial charge in [-0.3, -0.25) is 14.9 Å². The number of aromatic nitrogens is 4. The summed E-state index contributed by atoms with van der Waals surface area (Å²) >= 11 is 5.14. The lowest BCUT2D eigenvalue weighted by Gasteiger charge is -2.07. The van der Waals surface area contributed by atoms with Crippen LogP contribution in [0.25, 0.3) is 11.4 Å². The van der Waals surface area contributed by atoms with Crippen molar-refractivity contribution in [3.05, 3.63) is 34.9 Å². The number of allylic oxidation sites excluding steroid dienone is 2. The molecule has 0 aliphatic heterocycles. The Morgan fingerprint density at radius 3 is 2.72 bits per heavy atom. The molecule has 0 aromatic carbocycles. The standard InChI is InChI=1S/C18H23N5OS/c1-10(2)6-13-14(18(13,3)4)16(24)20-12-7-11(8-19-9-12)15-21-22-17(25)23(15)5/h6-9,13-14H,1-5H3,(H,20,24)(H,22,25)/t13-,14-/m0/s1. The van der Waals surface area contributed by atoms with E-state index in [1.165, 1.54) is 5.57 Å². The van der Waals surface area contributed by atoms with E-state index in [-0.39, 0.29) is 23.2 Å². The normalized spacial score (nSPS) is 20.8. The van der Waals surface area contributed by atoms with Crippen molar-refractivity contribution in [1.29, 1.82) is 0 Å². The summed E-state index contributed by atoms with van der Waals surface area (Å²) in [7, 11) is 1.84. The number of pyridine rings is 1. The number of nitrogens with zero attached hydrogens (tertiary/aromatic N) is 3. The maximum atomic E-state index is 12.7. The van der Waals surface area contributed by atoms with E-state index < -0.39 is 0 Å². The van der Waals surface area contributed by atoms with E-state index in [1.807, 2.05) is 13.1 Å². The molecule has 2 aromatic heterocycles. The predicted octanol–water partition coefficient (Wildman–Crippen LogP) is 3.72. The first-order chi connectivity index (χ1) is 11.7. The van der Waals surface area contributed by atoms with E-state index in [4.69, 9.17) is 12.2 Å². The molecule has 1 amide bonds. The summed E-state index contributed by atoms with van der Waals surface area (Å²) in [5.74, 6) is 0.969. The fraction of sp³-hybridized carbons (Fsp3) is 0.444. The second-order valence-corrected chi connectivity index (χ2v) is 7.82. The van der Waals surface area contributed by atoms with E-state index in [9.17, 15) is 4.79 Å². The van der Waals surface area contributed by atoms with Crippen LogP contribution in [0.3, 0.4) is 0 Å². The topological polar surface area (TPSA) is 75.6 Å². The number of carbonyl (C=O) groups excluding carboxylic acids is 1. The molecule has 2 aromatic rings. The van der Waals surface area contributed by atoms with Crippen LogP contribution in [0.2, 0.25) is 0 Å². The smallest absolute Gasteiger partial charge is 0.228 e. The summed E-state index contributed by atoms with van der Waals surface area (Å²) in [6.07, 6.45) is 5.54. The van der Waals surface area contributed by atoms with Crippen molar-refractivity contribution >= 4 is 23.8 Å². The summed E-state index contributed by atoms with van der Waals surface area (Å²) in [5.41, 5.74) is 2.68. The highest BCUT2D eigenvalue weighted by Crippen LogP contribution is 2.59. The highest BCUT2D eigenvalue weighted by Gasteiger charge is 2.60. The zero-order chi connectivity index (χ0) is 18.4. The Balaban J connectivity index is 1.79. The van der Waals surface area contributed by atoms with Crippen molar-refractivity contribution in [1.82, 2.24) is 19.7 Å². The second kappa shape index (κ2) is 6.22. The Hall–Kier alpha value is -2.28. The van der Waals surface area contributed by atoms with Gasteiger partial charge in [-0.15, -0.1) is 0 Å². The Bertz CT molecular complexity index is 904. The summed E-state index contributed by atoms with van der Waals surface area (Å²) in [6, 6.07) is 1.86. The first-order valence-electron chi connectivity index (χ1n) is 8.24. The minimum absolute atomic E-state index is 0.0156. The lowest BCUT2D eigenvalue weighted by atomic mass is 10.1. The number of amides is 1. The van der Waals surface area contributed by atoms with E-state index >= 15 is 0 Å². The first-order valence-corrected chi connectivity index (χ1v) is 8.65. The van der Waals surface area contributed by atoms with Crippen LogP contribution >= 0.6 is 12.2 Å². The van der Waals surface area contributed by atoms with Crippen molar-refractivity contribution in [3.8, 4) is 11.4 Å². The molecule has 1 saturated carbocycles. The molecule has 2 heterocycles. The Labute approximate surface area is 152 Å². The summed E-state index contributed by atoms with van der Waals surface area (Å²) in [4.78, 5) is 16.9. The van der Waals surface area contributed by atoms with Gasteiger partial charge in [-0.1, -0.05) is 25.5 Å². The number of hydrogen-bond donors (Lipinski definition) is 2. The minimum atomic E-state index is -0.0215. The molecule has 2 atom stereocenters. The number of nitrogens with one attached hydrogen (secondary N) is 2. The molecule has 0 bridgehead atoms. The summed E-state index contributed by atoms with van der Waals surface area (Å²) in [5, 5.41) is 9.95. The van der Waals surface area contributed by atoms with Gasteiger partial charge in [0.2, 0.25) is 5.91 Å². The van der Waals surface area contributed by atoms with Gasteiger partial charge in [0.05, 0.1) is 17.8 Å². The lowest BCUT2D eigenvalue weighted by molar-refractivity contribution is -0.118. The van der Waals surface area contributed by atoms with Crippen LogP contribution in [0.15, 0.2) is 30.1 Å². The number of hydrogen-bond acceptors (Lipinski definition) is 4. The molecule has 1 aliphatic carbocycles. The third-order valence-corrected chi connectivity index (χ3v) is 5.21. The van der Waals surface area contributed by atoms with Crippen LogP contribution in [0.1, 0.15) is 27.7 Å². The fourth-order valence-corrected chi connectivity index (χ4v) is 3.44. The van der Waals surface area contributed by atoms with E-state index in [1.54, 1.807) is 17.0 Å². The summed E-state index contributed by atoms with van der Waals surface area (Å²) in [6.45, 7) is 8.39. The van der Waals surface area contributed by atoms with Crippen LogP contribution in [0.4, 0.5) is 5.69 Å². The molecule has 0 radical (unpaired) electrons. The van der Waals surface area contributed by atoms with E-state index in [0.29, 0.717) is 16.3 Å². The van der Waals surface area contributed by atoms with Crippen LogP contribution < -0.4 is 5.32 Å². The molecule has 0 spiro atoms. The van der Waals surface area contributed by atoms with Crippen molar-refractivity contribution in [2.45, 2.75) is 27.7 Å². The molecule has 132 valence electrons. The minimum Gasteiger partial charge on any atom is -0.324 e. The van der Waals surface area contributed by atoms with Gasteiger partial charge in [0.15, 0.2) is 10.6 Å². The van der Waals surface area contributed by atoms with Gasteiger partial charge in [0, 0.05) is 18.8 Å². The highest BCUT2D eigenvalue weighted by atomic mass is 32.1. The zero-order valence-electron chi connectivity index (χ0n) is 15.1. The third-order valence-electron chi connectivity index (χ3n) is 4.85. The Morgan fingerprint density at radius 2 is 2.12 bits per heavy atom. The Kier molecular flexibility index (Phi) is 4.36. The number of anilines is 1. The molecule has 1 aliphatic rings.